The number of hydrogen-bond acceptors (Lipinski definition) is 4. The molecule has 5 nitrogen and oxygen atoms in total. The zero-order chi connectivity index (χ0) is 28.9. The number of amidine groups is 1. The summed E-state index contributed by atoms with van der Waals surface area (Å²) in [5.41, 5.74) is 6.04. The minimum atomic E-state index is -3.95. The summed E-state index contributed by atoms with van der Waals surface area (Å²) in [7, 11) is -2.31. The first-order chi connectivity index (χ1) is 18.8. The van der Waals surface area contributed by atoms with Crippen LogP contribution in [0, 0.1) is 12.3 Å². The fraction of sp³-hybridized carbons (Fsp3) is 0.441. The van der Waals surface area contributed by atoms with E-state index in [4.69, 9.17) is 9.73 Å². The standard InChI is InChI=1S/C34H42N2O3S/c1-23-12-18-28(19-13-23)40(37,38)36-31(24-14-16-27(39-7)17-15-24)29-20-25-10-8-9-11-26(25)21-30(29)32(36)35-34(5,6)22-33(2,3)4/h12-21,31H,8-11,22H2,1-7H3. The Morgan fingerprint density at radius 3 is 2.08 bits per heavy atom. The van der Waals surface area contributed by atoms with Crippen molar-refractivity contribution in [2.75, 3.05) is 7.11 Å². The monoisotopic (exact) mass is 558 g/mol. The van der Waals surface area contributed by atoms with Gasteiger partial charge in [0, 0.05) is 5.56 Å². The molecule has 0 saturated heterocycles. The van der Waals surface area contributed by atoms with Crippen LogP contribution in [0.25, 0.3) is 0 Å². The van der Waals surface area contributed by atoms with Crippen LogP contribution in [0.2, 0.25) is 0 Å². The van der Waals surface area contributed by atoms with Gasteiger partial charge in [0.05, 0.1) is 23.6 Å². The number of rotatable bonds is 6. The molecule has 5 rings (SSSR count). The van der Waals surface area contributed by atoms with Crippen molar-refractivity contribution in [2.24, 2.45) is 10.4 Å². The highest BCUT2D eigenvalue weighted by molar-refractivity contribution is 7.89. The van der Waals surface area contributed by atoms with Crippen molar-refractivity contribution in [3.8, 4) is 5.75 Å². The number of sulfonamides is 1. The van der Waals surface area contributed by atoms with Crippen LogP contribution in [0.4, 0.5) is 0 Å². The molecule has 0 N–H and O–H groups in total. The largest absolute Gasteiger partial charge is 0.497 e. The van der Waals surface area contributed by atoms with Crippen molar-refractivity contribution in [3.05, 3.63) is 94.0 Å². The molecule has 0 amide bonds. The Hall–Kier alpha value is -3.12. The number of benzene rings is 3. The smallest absolute Gasteiger partial charge is 0.266 e. The molecule has 1 atom stereocenters. The molecular weight excluding hydrogens is 516 g/mol. The summed E-state index contributed by atoms with van der Waals surface area (Å²) in [5.74, 6) is 1.28. The van der Waals surface area contributed by atoms with Crippen LogP contribution in [0.3, 0.4) is 0 Å². The third-order valence-corrected chi connectivity index (χ3v) is 9.64. The van der Waals surface area contributed by atoms with Crippen LogP contribution in [-0.4, -0.2) is 31.2 Å². The molecule has 0 radical (unpaired) electrons. The third-order valence-electron chi connectivity index (χ3n) is 7.87. The molecule has 212 valence electrons. The van der Waals surface area contributed by atoms with Gasteiger partial charge < -0.3 is 4.74 Å². The predicted molar refractivity (Wildman–Crippen MR) is 163 cm³/mol. The Morgan fingerprint density at radius 1 is 0.900 bits per heavy atom. The van der Waals surface area contributed by atoms with E-state index in [1.54, 1.807) is 23.5 Å². The minimum absolute atomic E-state index is 0.0287. The Bertz CT molecular complexity index is 1530. The first kappa shape index (κ1) is 28.4. The number of ether oxygens (including phenoxy) is 1. The van der Waals surface area contributed by atoms with Crippen LogP contribution in [-0.2, 0) is 22.9 Å². The highest BCUT2D eigenvalue weighted by atomic mass is 32.2. The Labute approximate surface area is 240 Å². The van der Waals surface area contributed by atoms with Gasteiger partial charge in [0.25, 0.3) is 10.0 Å². The van der Waals surface area contributed by atoms with Crippen LogP contribution in [0.1, 0.15) is 93.3 Å². The molecule has 1 aliphatic carbocycles. The van der Waals surface area contributed by atoms with E-state index in [-0.39, 0.29) is 10.3 Å². The molecule has 1 aliphatic heterocycles. The van der Waals surface area contributed by atoms with Crippen molar-refractivity contribution in [1.82, 2.24) is 4.31 Å². The molecule has 6 heteroatoms. The molecule has 0 aromatic heterocycles. The van der Waals surface area contributed by atoms with E-state index < -0.39 is 21.6 Å². The average Bonchev–Trinajstić information content (AvgIpc) is 3.19. The van der Waals surface area contributed by atoms with Crippen molar-refractivity contribution < 1.29 is 13.2 Å². The van der Waals surface area contributed by atoms with Crippen molar-refractivity contribution >= 4 is 15.9 Å². The molecule has 0 spiro atoms. The molecule has 40 heavy (non-hydrogen) atoms. The lowest BCUT2D eigenvalue weighted by molar-refractivity contribution is 0.287. The second-order valence-corrected chi connectivity index (χ2v) is 15.0. The second kappa shape index (κ2) is 10.4. The van der Waals surface area contributed by atoms with E-state index in [0.717, 1.165) is 60.1 Å². The van der Waals surface area contributed by atoms with E-state index in [9.17, 15) is 8.42 Å². The SMILES string of the molecule is COc1ccc(C2c3cc4c(cc3C(=NC(C)(C)CC(C)(C)C)N2S(=O)(=O)c2ccc(C)cc2)CCCC4)cc1. The fourth-order valence-electron chi connectivity index (χ4n) is 6.50. The molecular formula is C34H42N2O3S. The topological polar surface area (TPSA) is 59.0 Å². The van der Waals surface area contributed by atoms with Gasteiger partial charge in [-0.2, -0.15) is 0 Å². The summed E-state index contributed by atoms with van der Waals surface area (Å²) in [5, 5.41) is 0. The maximum atomic E-state index is 14.6. The number of nitrogens with zero attached hydrogens (tertiary/aromatic N) is 2. The lowest BCUT2D eigenvalue weighted by atomic mass is 9.82. The normalized spacial score (nSPS) is 18.5. The van der Waals surface area contributed by atoms with Gasteiger partial charge in [-0.1, -0.05) is 56.7 Å². The maximum absolute atomic E-state index is 14.6. The number of methoxy groups -OCH3 is 1. The first-order valence-corrected chi connectivity index (χ1v) is 15.7. The van der Waals surface area contributed by atoms with Gasteiger partial charge in [-0.25, -0.2) is 12.7 Å². The zero-order valence-corrected chi connectivity index (χ0v) is 25.7. The van der Waals surface area contributed by atoms with Gasteiger partial charge in [-0.3, -0.25) is 4.99 Å². The quantitative estimate of drug-likeness (QED) is 0.312. The van der Waals surface area contributed by atoms with Gasteiger partial charge in [0.2, 0.25) is 0 Å². The van der Waals surface area contributed by atoms with Gasteiger partial charge >= 0.3 is 0 Å². The van der Waals surface area contributed by atoms with E-state index in [1.807, 2.05) is 43.3 Å². The molecule has 2 aliphatic rings. The van der Waals surface area contributed by atoms with E-state index >= 15 is 0 Å². The lowest BCUT2D eigenvalue weighted by Gasteiger charge is -2.32. The lowest BCUT2D eigenvalue weighted by Crippen LogP contribution is -2.38. The fourth-order valence-corrected chi connectivity index (χ4v) is 8.09. The summed E-state index contributed by atoms with van der Waals surface area (Å²) in [6.45, 7) is 12.8. The van der Waals surface area contributed by atoms with Gasteiger partial charge in [-0.05, 0) is 111 Å². The molecule has 0 saturated carbocycles. The Kier molecular flexibility index (Phi) is 7.37. The number of aryl methyl sites for hydroxylation is 3. The highest BCUT2D eigenvalue weighted by Gasteiger charge is 2.45. The third kappa shape index (κ3) is 5.56. The summed E-state index contributed by atoms with van der Waals surface area (Å²) in [6.07, 6.45) is 5.16. The van der Waals surface area contributed by atoms with E-state index in [1.165, 1.54) is 11.1 Å². The number of fused-ring (bicyclic) bond motifs is 2. The minimum Gasteiger partial charge on any atom is -0.497 e. The molecule has 1 heterocycles. The average molecular weight is 559 g/mol. The first-order valence-electron chi connectivity index (χ1n) is 14.3. The van der Waals surface area contributed by atoms with Crippen LogP contribution in [0.15, 0.2) is 70.6 Å². The Morgan fingerprint density at radius 2 is 1.50 bits per heavy atom. The van der Waals surface area contributed by atoms with Gasteiger partial charge in [0.1, 0.15) is 11.6 Å². The van der Waals surface area contributed by atoms with E-state index in [0.29, 0.717) is 5.84 Å². The Balaban J connectivity index is 1.79. The van der Waals surface area contributed by atoms with Crippen LogP contribution < -0.4 is 4.74 Å². The predicted octanol–water partition coefficient (Wildman–Crippen LogP) is 7.64. The van der Waals surface area contributed by atoms with Gasteiger partial charge in [-0.15, -0.1) is 0 Å². The van der Waals surface area contributed by atoms with Gasteiger partial charge in [0.15, 0.2) is 0 Å². The summed E-state index contributed by atoms with van der Waals surface area (Å²) >= 11 is 0. The van der Waals surface area contributed by atoms with Crippen LogP contribution in [0.5, 0.6) is 5.75 Å². The summed E-state index contributed by atoms with van der Waals surface area (Å²) in [4.78, 5) is 5.60. The zero-order valence-electron chi connectivity index (χ0n) is 24.9. The second-order valence-electron chi connectivity index (χ2n) is 13.2. The number of aliphatic imine (C=N–C) groups is 1. The number of hydrogen-bond donors (Lipinski definition) is 0. The molecule has 0 bridgehead atoms. The van der Waals surface area contributed by atoms with Crippen molar-refractivity contribution in [1.29, 1.82) is 0 Å². The summed E-state index contributed by atoms with van der Waals surface area (Å²) < 4.78 is 36.3. The molecule has 0 fully saturated rings. The maximum Gasteiger partial charge on any atom is 0.266 e. The summed E-state index contributed by atoms with van der Waals surface area (Å²) in [6, 6.07) is 18.9. The van der Waals surface area contributed by atoms with Crippen molar-refractivity contribution in [2.45, 2.75) is 90.1 Å². The molecule has 3 aromatic carbocycles. The highest BCUT2D eigenvalue weighted by Crippen LogP contribution is 2.46. The van der Waals surface area contributed by atoms with E-state index in [2.05, 4.69) is 46.8 Å². The molecule has 1 unspecified atom stereocenters. The van der Waals surface area contributed by atoms with Crippen LogP contribution >= 0.6 is 0 Å². The molecule has 3 aromatic rings. The van der Waals surface area contributed by atoms with Crippen molar-refractivity contribution in [3.63, 3.8) is 0 Å².